The van der Waals surface area contributed by atoms with Gasteiger partial charge in [-0.05, 0) is 44.4 Å². The van der Waals surface area contributed by atoms with E-state index >= 15 is 0 Å². The monoisotopic (exact) mass is 526 g/mol. The van der Waals surface area contributed by atoms with Crippen LogP contribution in [0.25, 0.3) is 0 Å². The molecule has 0 fully saturated rings. The van der Waals surface area contributed by atoms with Crippen molar-refractivity contribution in [1.29, 1.82) is 0 Å². The zero-order valence-corrected chi connectivity index (χ0v) is 25.0. The van der Waals surface area contributed by atoms with Crippen molar-refractivity contribution in [1.82, 2.24) is 0 Å². The fourth-order valence-corrected chi connectivity index (χ4v) is 27.7. The lowest BCUT2D eigenvalue weighted by Crippen LogP contribution is -2.73. The Hall–Kier alpha value is -3.57. The Morgan fingerprint density at radius 1 is 0.395 bits per heavy atom. The third-order valence-corrected chi connectivity index (χ3v) is 28.4. The zero-order chi connectivity index (χ0) is 27.2. The van der Waals surface area contributed by atoms with Crippen molar-refractivity contribution in [3.05, 3.63) is 144 Å². The predicted octanol–water partition coefficient (Wildman–Crippen LogP) is 8.68. The minimum Gasteiger partial charge on any atom is -0.135 e. The topological polar surface area (TPSA) is 0 Å². The molecule has 0 spiro atoms. The number of terminal acetylenes is 2. The average molecular weight is 527 g/mol. The van der Waals surface area contributed by atoms with E-state index in [4.69, 9.17) is 12.8 Å². The normalized spacial score (nSPS) is 17.4. The first-order chi connectivity index (χ1) is 18.4. The van der Waals surface area contributed by atoms with Gasteiger partial charge in [0.05, 0.1) is 0 Å². The van der Waals surface area contributed by atoms with Gasteiger partial charge in [0, 0.05) is 0 Å². The molecule has 4 atom stereocenters. The Kier molecular flexibility index (Phi) is 8.58. The fraction of sp³-hybridized carbons (Fsp3) is 0.222. The molecule has 4 unspecified atom stereocenters. The fourth-order valence-electron chi connectivity index (χ4n) is 6.94. The standard InChI is InChI=1S/C36H38Si2/c1-7-37(29(3)33-21-13-9-14-22-33,30(4)34-23-15-10-16-24-34)38(8-2,31(5)35-25-17-11-18-26-35)32(6)36-27-19-12-20-28-36/h1-2,9-32H,3-6H3. The van der Waals surface area contributed by atoms with Crippen LogP contribution in [-0.4, -0.2) is 15.2 Å². The molecule has 0 saturated heterocycles. The van der Waals surface area contributed by atoms with E-state index in [9.17, 15) is 0 Å². The lowest BCUT2D eigenvalue weighted by atomic mass is 10.1. The smallest absolute Gasteiger partial charge is 0.135 e. The lowest BCUT2D eigenvalue weighted by molar-refractivity contribution is 0.891. The van der Waals surface area contributed by atoms with Gasteiger partial charge in [-0.15, -0.1) is 23.9 Å². The second-order valence-corrected chi connectivity index (χ2v) is 23.0. The quantitative estimate of drug-likeness (QED) is 0.151. The number of benzene rings is 4. The summed E-state index contributed by atoms with van der Waals surface area (Å²) in [4.78, 5) is 0. The Morgan fingerprint density at radius 3 is 0.737 bits per heavy atom. The van der Waals surface area contributed by atoms with Crippen molar-refractivity contribution in [2.45, 2.75) is 49.9 Å². The minimum atomic E-state index is -2.80. The molecule has 0 bridgehead atoms. The van der Waals surface area contributed by atoms with Crippen molar-refractivity contribution >= 4 is 15.2 Å². The van der Waals surface area contributed by atoms with Crippen LogP contribution in [0.15, 0.2) is 121 Å². The molecule has 0 aliphatic heterocycles. The molecule has 0 N–H and O–H groups in total. The van der Waals surface area contributed by atoms with Gasteiger partial charge in [-0.3, -0.25) is 0 Å². The first kappa shape index (κ1) is 27.5. The molecule has 4 rings (SSSR count). The third kappa shape index (κ3) is 4.60. The molecule has 38 heavy (non-hydrogen) atoms. The van der Waals surface area contributed by atoms with Gasteiger partial charge in [-0.25, -0.2) is 0 Å². The first-order valence-corrected chi connectivity index (χ1v) is 18.9. The first-order valence-electron chi connectivity index (χ1n) is 13.6. The summed E-state index contributed by atoms with van der Waals surface area (Å²) >= 11 is 0. The molecule has 4 aromatic rings. The maximum Gasteiger partial charge on any atom is 0.159 e. The summed E-state index contributed by atoms with van der Waals surface area (Å²) in [5.41, 5.74) is 13.3. The van der Waals surface area contributed by atoms with Gasteiger partial charge < -0.3 is 0 Å². The van der Waals surface area contributed by atoms with Crippen LogP contribution in [0, 0.1) is 23.9 Å². The number of rotatable bonds is 9. The Balaban J connectivity index is 2.11. The zero-order valence-electron chi connectivity index (χ0n) is 23.0. The van der Waals surface area contributed by atoms with Crippen LogP contribution in [-0.2, 0) is 0 Å². The molecule has 4 aromatic carbocycles. The molecular formula is C36H38Si2. The largest absolute Gasteiger partial charge is 0.159 e. The van der Waals surface area contributed by atoms with Gasteiger partial charge in [0.15, 0.2) is 15.2 Å². The van der Waals surface area contributed by atoms with Gasteiger partial charge in [0.25, 0.3) is 0 Å². The van der Waals surface area contributed by atoms with E-state index in [1.807, 2.05) is 0 Å². The molecule has 0 heterocycles. The highest BCUT2D eigenvalue weighted by Crippen LogP contribution is 2.52. The second kappa shape index (κ2) is 11.9. The average Bonchev–Trinajstić information content (AvgIpc) is 3.00. The number of hydrogen-bond donors (Lipinski definition) is 0. The van der Waals surface area contributed by atoms with Gasteiger partial charge >= 0.3 is 0 Å². The van der Waals surface area contributed by atoms with Gasteiger partial charge in [0.2, 0.25) is 0 Å². The van der Waals surface area contributed by atoms with Crippen molar-refractivity contribution in [2.75, 3.05) is 0 Å². The number of hydrogen-bond acceptors (Lipinski definition) is 0. The van der Waals surface area contributed by atoms with Crippen molar-refractivity contribution in [3.8, 4) is 23.9 Å². The lowest BCUT2D eigenvalue weighted by Gasteiger charge is -2.54. The molecule has 0 nitrogen and oxygen atoms in total. The van der Waals surface area contributed by atoms with Crippen LogP contribution >= 0.6 is 0 Å². The van der Waals surface area contributed by atoms with Crippen molar-refractivity contribution in [3.63, 3.8) is 0 Å². The summed E-state index contributed by atoms with van der Waals surface area (Å²) in [6, 6.07) is 43.4. The van der Waals surface area contributed by atoms with Crippen LogP contribution in [0.4, 0.5) is 0 Å². The Bertz CT molecular complexity index is 1180. The van der Waals surface area contributed by atoms with Crippen molar-refractivity contribution in [2.24, 2.45) is 0 Å². The molecule has 0 saturated carbocycles. The molecule has 0 aliphatic carbocycles. The maximum atomic E-state index is 6.93. The van der Waals surface area contributed by atoms with E-state index in [2.05, 4.69) is 160 Å². The van der Waals surface area contributed by atoms with Gasteiger partial charge in [-0.2, -0.15) is 0 Å². The molecule has 190 valence electrons. The van der Waals surface area contributed by atoms with Crippen LogP contribution in [0.1, 0.15) is 72.1 Å². The Labute approximate surface area is 232 Å². The van der Waals surface area contributed by atoms with Gasteiger partial charge in [-0.1, -0.05) is 149 Å². The van der Waals surface area contributed by atoms with Crippen LogP contribution in [0.3, 0.4) is 0 Å². The van der Waals surface area contributed by atoms with E-state index in [-0.39, 0.29) is 22.2 Å². The molecule has 0 aliphatic rings. The van der Waals surface area contributed by atoms with Gasteiger partial charge in [0.1, 0.15) is 0 Å². The highest BCUT2D eigenvalue weighted by atomic mass is 29.3. The van der Waals surface area contributed by atoms with Crippen molar-refractivity contribution < 1.29 is 0 Å². The highest BCUT2D eigenvalue weighted by molar-refractivity contribution is 7.49. The summed E-state index contributed by atoms with van der Waals surface area (Å²) < 4.78 is 0. The SMILES string of the molecule is C#C[Si](C(C)c1ccccc1)(C(C)c1ccccc1)[Si](C#C)(C(C)c1ccccc1)C(C)c1ccccc1. The summed E-state index contributed by atoms with van der Waals surface area (Å²) in [5.74, 6) is 0. The molecular weight excluding hydrogens is 489 g/mol. The minimum absolute atomic E-state index is 0.184. The summed E-state index contributed by atoms with van der Waals surface area (Å²) in [6.45, 7) is 9.48. The predicted molar refractivity (Wildman–Crippen MR) is 169 cm³/mol. The second-order valence-electron chi connectivity index (χ2n) is 10.6. The molecule has 0 amide bonds. The van der Waals surface area contributed by atoms with E-state index in [1.165, 1.54) is 22.3 Å². The van der Waals surface area contributed by atoms with Crippen LogP contribution in [0.5, 0.6) is 0 Å². The summed E-state index contributed by atoms with van der Waals surface area (Å²) in [7, 11) is -5.60. The maximum absolute atomic E-state index is 6.93. The summed E-state index contributed by atoms with van der Waals surface area (Å²) in [5, 5.41) is 0. The van der Waals surface area contributed by atoms with E-state index in [1.54, 1.807) is 0 Å². The van der Waals surface area contributed by atoms with Crippen LogP contribution in [0.2, 0.25) is 0 Å². The Morgan fingerprint density at radius 2 is 0.579 bits per heavy atom. The summed E-state index contributed by atoms with van der Waals surface area (Å²) in [6.07, 6.45) is 13.9. The van der Waals surface area contributed by atoms with E-state index in [0.717, 1.165) is 0 Å². The highest BCUT2D eigenvalue weighted by Gasteiger charge is 2.65. The molecule has 0 aromatic heterocycles. The molecule has 2 heteroatoms. The molecule has 0 radical (unpaired) electrons. The van der Waals surface area contributed by atoms with E-state index < -0.39 is 15.2 Å². The van der Waals surface area contributed by atoms with E-state index in [0.29, 0.717) is 0 Å². The third-order valence-electron chi connectivity index (χ3n) is 9.09. The van der Waals surface area contributed by atoms with Crippen LogP contribution < -0.4 is 0 Å².